The van der Waals surface area contributed by atoms with E-state index in [0.29, 0.717) is 19.1 Å². The molecule has 0 bridgehead atoms. The topological polar surface area (TPSA) is 95.4 Å². The number of likely N-dealkylation sites (tertiary alicyclic amines) is 1. The molecule has 1 amide bonds. The summed E-state index contributed by atoms with van der Waals surface area (Å²) in [5, 5.41) is 13.6. The third-order valence-corrected chi connectivity index (χ3v) is 6.37. The van der Waals surface area contributed by atoms with Gasteiger partial charge in [0.15, 0.2) is 0 Å². The monoisotopic (exact) mass is 476 g/mol. The van der Waals surface area contributed by atoms with Gasteiger partial charge in [-0.3, -0.25) is 9.36 Å². The Bertz CT molecular complexity index is 1330. The summed E-state index contributed by atoms with van der Waals surface area (Å²) >= 11 is 0. The van der Waals surface area contributed by atoms with Crippen LogP contribution >= 0.6 is 0 Å². The van der Waals surface area contributed by atoms with Crippen LogP contribution in [0.25, 0.3) is 28.0 Å². The van der Waals surface area contributed by atoms with Crippen LogP contribution in [-0.2, 0) is 4.74 Å². The SMILES string of the molecule is CCC(CC)n1cc(-c2nc(-c3cnn(C4CN(C(=O)OC(C)(C)C)C4)c3)cn3nccc23)cn1. The number of carbonyl (C=O) groups excluding carboxylic acids is 1. The molecule has 184 valence electrons. The predicted molar refractivity (Wildman–Crippen MR) is 132 cm³/mol. The van der Waals surface area contributed by atoms with Crippen molar-refractivity contribution in [3.8, 4) is 22.5 Å². The summed E-state index contributed by atoms with van der Waals surface area (Å²) in [6.07, 6.45) is 13.2. The summed E-state index contributed by atoms with van der Waals surface area (Å²) in [6, 6.07) is 2.44. The van der Waals surface area contributed by atoms with Gasteiger partial charge in [-0.05, 0) is 39.7 Å². The van der Waals surface area contributed by atoms with Gasteiger partial charge in [0.2, 0.25) is 0 Å². The molecule has 5 rings (SSSR count). The first-order valence-corrected chi connectivity index (χ1v) is 12.2. The van der Waals surface area contributed by atoms with E-state index in [9.17, 15) is 4.79 Å². The number of rotatable bonds is 6. The minimum Gasteiger partial charge on any atom is -0.444 e. The second-order valence-electron chi connectivity index (χ2n) is 10.1. The maximum absolute atomic E-state index is 12.2. The first kappa shape index (κ1) is 23.1. The van der Waals surface area contributed by atoms with E-state index >= 15 is 0 Å². The van der Waals surface area contributed by atoms with E-state index in [1.54, 1.807) is 11.1 Å². The second-order valence-corrected chi connectivity index (χ2v) is 10.1. The standard InChI is InChI=1S/C25H32N8O2/c1-6-19(7-2)31-13-18(11-28-31)23-22-8-9-26-33(22)16-21(29-23)17-10-27-32(12-17)20-14-30(15-20)24(34)35-25(3,4)5/h8-13,16,19-20H,6-7,14-15H2,1-5H3. The second kappa shape index (κ2) is 8.83. The van der Waals surface area contributed by atoms with Gasteiger partial charge in [-0.1, -0.05) is 13.8 Å². The van der Waals surface area contributed by atoms with Gasteiger partial charge in [-0.2, -0.15) is 15.3 Å². The quantitative estimate of drug-likeness (QED) is 0.403. The molecular weight excluding hydrogens is 444 g/mol. The van der Waals surface area contributed by atoms with Crippen molar-refractivity contribution in [2.24, 2.45) is 0 Å². The van der Waals surface area contributed by atoms with Gasteiger partial charge in [0.1, 0.15) is 5.60 Å². The summed E-state index contributed by atoms with van der Waals surface area (Å²) < 4.78 is 11.2. The third-order valence-electron chi connectivity index (χ3n) is 6.37. The molecule has 0 N–H and O–H groups in total. The van der Waals surface area contributed by atoms with Crippen molar-refractivity contribution < 1.29 is 9.53 Å². The highest BCUT2D eigenvalue weighted by molar-refractivity contribution is 5.78. The molecule has 1 fully saturated rings. The van der Waals surface area contributed by atoms with Crippen LogP contribution in [0.2, 0.25) is 0 Å². The first-order valence-electron chi connectivity index (χ1n) is 12.2. The van der Waals surface area contributed by atoms with Crippen LogP contribution in [0.4, 0.5) is 4.79 Å². The summed E-state index contributed by atoms with van der Waals surface area (Å²) in [7, 11) is 0. The zero-order valence-corrected chi connectivity index (χ0v) is 20.9. The van der Waals surface area contributed by atoms with E-state index in [4.69, 9.17) is 9.72 Å². The zero-order chi connectivity index (χ0) is 24.7. The van der Waals surface area contributed by atoms with Crippen molar-refractivity contribution in [2.75, 3.05) is 13.1 Å². The van der Waals surface area contributed by atoms with Crippen LogP contribution in [-0.4, -0.2) is 63.8 Å². The Hall–Kier alpha value is -3.69. The number of ether oxygens (including phenoxy) is 1. The van der Waals surface area contributed by atoms with Crippen molar-refractivity contribution in [3.63, 3.8) is 0 Å². The van der Waals surface area contributed by atoms with Crippen LogP contribution in [0.1, 0.15) is 59.5 Å². The molecule has 5 heterocycles. The largest absolute Gasteiger partial charge is 0.444 e. The number of nitrogens with zero attached hydrogens (tertiary/aromatic N) is 8. The van der Waals surface area contributed by atoms with Gasteiger partial charge in [0.25, 0.3) is 0 Å². The molecule has 1 aliphatic heterocycles. The molecule has 10 heteroatoms. The van der Waals surface area contributed by atoms with Crippen molar-refractivity contribution >= 4 is 11.6 Å². The molecular formula is C25H32N8O2. The molecule has 4 aromatic rings. The maximum Gasteiger partial charge on any atom is 0.410 e. The van der Waals surface area contributed by atoms with E-state index in [0.717, 1.165) is 40.9 Å². The number of hydrogen-bond donors (Lipinski definition) is 0. The molecule has 4 aromatic heterocycles. The van der Waals surface area contributed by atoms with Crippen molar-refractivity contribution in [1.82, 2.24) is 39.1 Å². The van der Waals surface area contributed by atoms with Gasteiger partial charge in [0.05, 0.1) is 53.8 Å². The summed E-state index contributed by atoms with van der Waals surface area (Å²) in [4.78, 5) is 18.9. The Balaban J connectivity index is 1.38. The average molecular weight is 477 g/mol. The van der Waals surface area contributed by atoms with Gasteiger partial charge in [0, 0.05) is 36.6 Å². The molecule has 1 aliphatic rings. The normalized spacial score (nSPS) is 14.6. The Kier molecular flexibility index (Phi) is 5.82. The molecule has 35 heavy (non-hydrogen) atoms. The Morgan fingerprint density at radius 2 is 1.80 bits per heavy atom. The van der Waals surface area contributed by atoms with Gasteiger partial charge < -0.3 is 9.64 Å². The average Bonchev–Trinajstić information content (AvgIpc) is 3.52. The lowest BCUT2D eigenvalue weighted by Crippen LogP contribution is -2.52. The Morgan fingerprint density at radius 3 is 2.51 bits per heavy atom. The minimum atomic E-state index is -0.500. The molecule has 0 saturated carbocycles. The van der Waals surface area contributed by atoms with Gasteiger partial charge >= 0.3 is 6.09 Å². The zero-order valence-electron chi connectivity index (χ0n) is 20.9. The fraction of sp³-hybridized carbons (Fsp3) is 0.480. The summed E-state index contributed by atoms with van der Waals surface area (Å²) in [5.74, 6) is 0. The molecule has 0 aromatic carbocycles. The summed E-state index contributed by atoms with van der Waals surface area (Å²) in [6.45, 7) is 11.1. The molecule has 1 saturated heterocycles. The van der Waals surface area contributed by atoms with Crippen LogP contribution in [0, 0.1) is 0 Å². The smallest absolute Gasteiger partial charge is 0.410 e. The molecule has 0 spiro atoms. The molecule has 0 aliphatic carbocycles. The summed E-state index contributed by atoms with van der Waals surface area (Å²) in [5.41, 5.74) is 3.90. The fourth-order valence-electron chi connectivity index (χ4n) is 4.37. The van der Waals surface area contributed by atoms with Crippen molar-refractivity contribution in [3.05, 3.63) is 43.2 Å². The highest BCUT2D eigenvalue weighted by atomic mass is 16.6. The van der Waals surface area contributed by atoms with E-state index in [1.807, 2.05) is 65.5 Å². The molecule has 0 unspecified atom stereocenters. The predicted octanol–water partition coefficient (Wildman–Crippen LogP) is 4.61. The van der Waals surface area contributed by atoms with Crippen molar-refractivity contribution in [2.45, 2.75) is 65.1 Å². The van der Waals surface area contributed by atoms with E-state index in [1.165, 1.54) is 0 Å². The third kappa shape index (κ3) is 4.52. The number of carbonyl (C=O) groups is 1. The highest BCUT2D eigenvalue weighted by Crippen LogP contribution is 2.29. The van der Waals surface area contributed by atoms with Crippen LogP contribution in [0.5, 0.6) is 0 Å². The lowest BCUT2D eigenvalue weighted by molar-refractivity contribution is -0.000383. The lowest BCUT2D eigenvalue weighted by Gasteiger charge is -2.39. The number of amides is 1. The maximum atomic E-state index is 12.2. The molecule has 0 radical (unpaired) electrons. The molecule has 10 nitrogen and oxygen atoms in total. The fourth-order valence-corrected chi connectivity index (χ4v) is 4.37. The van der Waals surface area contributed by atoms with Crippen LogP contribution in [0.15, 0.2) is 43.2 Å². The first-order chi connectivity index (χ1) is 16.8. The number of fused-ring (bicyclic) bond motifs is 1. The Morgan fingerprint density at radius 1 is 1.06 bits per heavy atom. The van der Waals surface area contributed by atoms with E-state index in [2.05, 4.69) is 35.3 Å². The lowest BCUT2D eigenvalue weighted by atomic mass is 10.1. The van der Waals surface area contributed by atoms with Crippen LogP contribution < -0.4 is 0 Å². The van der Waals surface area contributed by atoms with Gasteiger partial charge in [-0.25, -0.2) is 14.3 Å². The Labute approximate surface area is 204 Å². The minimum absolute atomic E-state index is 0.113. The van der Waals surface area contributed by atoms with E-state index < -0.39 is 5.60 Å². The molecule has 0 atom stereocenters. The highest BCUT2D eigenvalue weighted by Gasteiger charge is 2.35. The van der Waals surface area contributed by atoms with E-state index in [-0.39, 0.29) is 12.1 Å². The van der Waals surface area contributed by atoms with Gasteiger partial charge in [-0.15, -0.1) is 0 Å². The number of hydrogen-bond acceptors (Lipinski definition) is 6. The van der Waals surface area contributed by atoms with Crippen molar-refractivity contribution in [1.29, 1.82) is 0 Å². The van der Waals surface area contributed by atoms with Crippen LogP contribution in [0.3, 0.4) is 0 Å². The number of aromatic nitrogens is 7.